The van der Waals surface area contributed by atoms with Gasteiger partial charge in [0.15, 0.2) is 0 Å². The van der Waals surface area contributed by atoms with Gasteiger partial charge in [0.2, 0.25) is 0 Å². The van der Waals surface area contributed by atoms with Crippen LogP contribution in [0.5, 0.6) is 5.75 Å². The lowest BCUT2D eigenvalue weighted by atomic mass is 10.2. The molecule has 0 N–H and O–H groups in total. The Bertz CT molecular complexity index is 912. The highest BCUT2D eigenvalue weighted by atomic mass is 127. The highest BCUT2D eigenvalue weighted by molar-refractivity contribution is 14.1. The summed E-state index contributed by atoms with van der Waals surface area (Å²) in [5.74, 6) is 0.394. The molecule has 1 saturated heterocycles. The van der Waals surface area contributed by atoms with Crippen LogP contribution >= 0.6 is 57.6 Å². The van der Waals surface area contributed by atoms with Crippen LogP contribution < -0.4 is 4.74 Å². The molecule has 0 aromatic heterocycles. The van der Waals surface area contributed by atoms with Crippen molar-refractivity contribution >= 4 is 74.8 Å². The Labute approximate surface area is 178 Å². The van der Waals surface area contributed by atoms with Gasteiger partial charge >= 0.3 is 0 Å². The molecule has 0 bridgehead atoms. The van der Waals surface area contributed by atoms with Crippen molar-refractivity contribution in [3.8, 4) is 5.75 Å². The fourth-order valence-electron chi connectivity index (χ4n) is 2.40. The minimum absolute atomic E-state index is 0.0423. The van der Waals surface area contributed by atoms with Crippen LogP contribution in [-0.4, -0.2) is 23.2 Å². The summed E-state index contributed by atoms with van der Waals surface area (Å²) in [6.07, 6.45) is 1.70. The minimum Gasteiger partial charge on any atom is -0.496 e. The van der Waals surface area contributed by atoms with E-state index in [0.29, 0.717) is 20.5 Å². The van der Waals surface area contributed by atoms with Gasteiger partial charge in [0.25, 0.3) is 11.1 Å². The monoisotopic (exact) mass is 519 g/mol. The normalized spacial score (nSPS) is 15.8. The Balaban J connectivity index is 1.86. The molecule has 0 unspecified atom stereocenters. The van der Waals surface area contributed by atoms with Crippen LogP contribution in [0.1, 0.15) is 11.1 Å². The number of amides is 2. The first-order valence-corrected chi connectivity index (χ1v) is 10.1. The Morgan fingerprint density at radius 1 is 1.19 bits per heavy atom. The molecule has 1 aliphatic heterocycles. The number of rotatable bonds is 4. The molecule has 134 valence electrons. The Hall–Kier alpha value is -1.22. The average Bonchev–Trinajstić information content (AvgIpc) is 2.85. The first kappa shape index (κ1) is 19.5. The molecule has 26 heavy (non-hydrogen) atoms. The summed E-state index contributed by atoms with van der Waals surface area (Å²) in [5, 5.41) is 0.496. The zero-order valence-electron chi connectivity index (χ0n) is 13.5. The number of carbonyl (C=O) groups is 2. The molecule has 4 nitrogen and oxygen atoms in total. The number of carbonyl (C=O) groups excluding carboxylic acids is 2. The van der Waals surface area contributed by atoms with E-state index in [1.54, 1.807) is 31.4 Å². The third kappa shape index (κ3) is 4.03. The van der Waals surface area contributed by atoms with Gasteiger partial charge in [0.05, 0.1) is 22.1 Å². The molecule has 0 spiro atoms. The van der Waals surface area contributed by atoms with E-state index in [4.69, 9.17) is 27.9 Å². The molecule has 0 atom stereocenters. The molecule has 0 radical (unpaired) electrons. The van der Waals surface area contributed by atoms with E-state index in [9.17, 15) is 9.59 Å². The van der Waals surface area contributed by atoms with Crippen LogP contribution in [0.25, 0.3) is 6.08 Å². The number of halogens is 3. The quantitative estimate of drug-likeness (QED) is 0.376. The standard InChI is InChI=1S/C18H12Cl2INO3S/c1-25-15-6-5-10(7-14(15)21)8-16-17(23)22(18(24)26-16)9-11-12(19)3-2-4-13(11)20/h2-8H,9H2,1H3/b16-8-. The van der Waals surface area contributed by atoms with Gasteiger partial charge in [0, 0.05) is 15.6 Å². The van der Waals surface area contributed by atoms with Crippen molar-refractivity contribution in [1.82, 2.24) is 4.90 Å². The van der Waals surface area contributed by atoms with Crippen LogP contribution in [0, 0.1) is 3.57 Å². The summed E-state index contributed by atoms with van der Waals surface area (Å²) in [5.41, 5.74) is 1.37. The fourth-order valence-corrected chi connectivity index (χ4v) is 4.52. The molecular weight excluding hydrogens is 508 g/mol. The highest BCUT2D eigenvalue weighted by Gasteiger charge is 2.35. The van der Waals surface area contributed by atoms with Crippen molar-refractivity contribution in [3.05, 3.63) is 66.0 Å². The first-order chi connectivity index (χ1) is 12.4. The van der Waals surface area contributed by atoms with E-state index in [-0.39, 0.29) is 17.7 Å². The van der Waals surface area contributed by atoms with Crippen molar-refractivity contribution < 1.29 is 14.3 Å². The third-order valence-electron chi connectivity index (χ3n) is 3.73. The maximum atomic E-state index is 12.7. The molecule has 8 heteroatoms. The van der Waals surface area contributed by atoms with E-state index in [1.165, 1.54) is 0 Å². The van der Waals surface area contributed by atoms with Crippen molar-refractivity contribution in [2.45, 2.75) is 6.54 Å². The maximum Gasteiger partial charge on any atom is 0.293 e. The van der Waals surface area contributed by atoms with Gasteiger partial charge in [-0.1, -0.05) is 35.3 Å². The molecule has 2 aromatic carbocycles. The van der Waals surface area contributed by atoms with E-state index in [2.05, 4.69) is 22.6 Å². The van der Waals surface area contributed by atoms with Crippen molar-refractivity contribution in [2.24, 2.45) is 0 Å². The second-order valence-electron chi connectivity index (χ2n) is 5.36. The first-order valence-electron chi connectivity index (χ1n) is 7.42. The number of hydrogen-bond donors (Lipinski definition) is 0. The molecule has 1 aliphatic rings. The second-order valence-corrected chi connectivity index (χ2v) is 8.33. The largest absolute Gasteiger partial charge is 0.496 e. The minimum atomic E-state index is -0.359. The topological polar surface area (TPSA) is 46.6 Å². The Morgan fingerprint density at radius 2 is 1.88 bits per heavy atom. The zero-order valence-corrected chi connectivity index (χ0v) is 17.9. The van der Waals surface area contributed by atoms with E-state index in [1.807, 2.05) is 18.2 Å². The van der Waals surface area contributed by atoms with Gasteiger partial charge in [-0.3, -0.25) is 14.5 Å². The summed E-state index contributed by atoms with van der Waals surface area (Å²) in [7, 11) is 1.60. The van der Waals surface area contributed by atoms with Crippen LogP contribution in [0.4, 0.5) is 4.79 Å². The van der Waals surface area contributed by atoms with Crippen molar-refractivity contribution in [1.29, 1.82) is 0 Å². The number of thioether (sulfide) groups is 1. The van der Waals surface area contributed by atoms with Gasteiger partial charge in [-0.05, 0) is 70.3 Å². The summed E-state index contributed by atoms with van der Waals surface area (Å²) in [6.45, 7) is 0.0423. The SMILES string of the molecule is COc1ccc(/C=C2\SC(=O)N(Cc3c(Cl)cccc3Cl)C2=O)cc1I. The van der Waals surface area contributed by atoms with E-state index in [0.717, 1.165) is 31.5 Å². The van der Waals surface area contributed by atoms with Crippen molar-refractivity contribution in [3.63, 3.8) is 0 Å². The summed E-state index contributed by atoms with van der Waals surface area (Å²) in [6, 6.07) is 10.6. The van der Waals surface area contributed by atoms with Gasteiger partial charge < -0.3 is 4.74 Å². The van der Waals surface area contributed by atoms with E-state index >= 15 is 0 Å². The molecule has 2 aromatic rings. The predicted molar refractivity (Wildman–Crippen MR) is 114 cm³/mol. The smallest absolute Gasteiger partial charge is 0.293 e. The summed E-state index contributed by atoms with van der Waals surface area (Å²) >= 11 is 15.4. The second kappa shape index (κ2) is 8.21. The molecule has 0 saturated carbocycles. The lowest BCUT2D eigenvalue weighted by molar-refractivity contribution is -0.123. The summed E-state index contributed by atoms with van der Waals surface area (Å²) in [4.78, 5) is 26.5. The molecule has 1 fully saturated rings. The number of ether oxygens (including phenoxy) is 1. The van der Waals surface area contributed by atoms with Crippen LogP contribution in [-0.2, 0) is 11.3 Å². The van der Waals surface area contributed by atoms with Gasteiger partial charge in [-0.2, -0.15) is 0 Å². The lowest BCUT2D eigenvalue weighted by Crippen LogP contribution is -2.27. The molecule has 2 amide bonds. The van der Waals surface area contributed by atoms with E-state index < -0.39 is 0 Å². The number of nitrogens with zero attached hydrogens (tertiary/aromatic N) is 1. The highest BCUT2D eigenvalue weighted by Crippen LogP contribution is 2.36. The van der Waals surface area contributed by atoms with Crippen LogP contribution in [0.2, 0.25) is 10.0 Å². The maximum absolute atomic E-state index is 12.7. The van der Waals surface area contributed by atoms with Gasteiger partial charge in [0.1, 0.15) is 5.75 Å². The fraction of sp³-hybridized carbons (Fsp3) is 0.111. The molecular formula is C18H12Cl2INO3S. The number of imide groups is 1. The summed E-state index contributed by atoms with van der Waals surface area (Å²) < 4.78 is 6.14. The molecule has 1 heterocycles. The van der Waals surface area contributed by atoms with Crippen LogP contribution in [0.3, 0.4) is 0 Å². The van der Waals surface area contributed by atoms with Crippen LogP contribution in [0.15, 0.2) is 41.3 Å². The Morgan fingerprint density at radius 3 is 2.50 bits per heavy atom. The third-order valence-corrected chi connectivity index (χ3v) is 6.18. The molecule has 0 aliphatic carbocycles. The average molecular weight is 520 g/mol. The van der Waals surface area contributed by atoms with Gasteiger partial charge in [-0.15, -0.1) is 0 Å². The molecule has 3 rings (SSSR count). The Kier molecular flexibility index (Phi) is 6.17. The number of methoxy groups -OCH3 is 1. The van der Waals surface area contributed by atoms with Crippen molar-refractivity contribution in [2.75, 3.05) is 7.11 Å². The number of benzene rings is 2. The van der Waals surface area contributed by atoms with Gasteiger partial charge in [-0.25, -0.2) is 0 Å². The lowest BCUT2D eigenvalue weighted by Gasteiger charge is -2.14. The predicted octanol–water partition coefficient (Wildman–Crippen LogP) is 5.84. The number of hydrogen-bond acceptors (Lipinski definition) is 4. The zero-order chi connectivity index (χ0) is 18.8.